The van der Waals surface area contributed by atoms with Crippen molar-refractivity contribution in [3.05, 3.63) is 24.3 Å². The van der Waals surface area contributed by atoms with Crippen molar-refractivity contribution in [3.8, 4) is 5.75 Å². The molecule has 0 spiro atoms. The van der Waals surface area contributed by atoms with E-state index in [-0.39, 0.29) is 25.1 Å². The van der Waals surface area contributed by atoms with Crippen LogP contribution in [0.3, 0.4) is 0 Å². The number of anilines is 1. The van der Waals surface area contributed by atoms with Crippen LogP contribution in [0.5, 0.6) is 5.75 Å². The zero-order chi connectivity index (χ0) is 14.3. The minimum absolute atomic E-state index is 0.0105. The van der Waals surface area contributed by atoms with Gasteiger partial charge in [-0.15, -0.1) is 0 Å². The van der Waals surface area contributed by atoms with Crippen molar-refractivity contribution in [1.29, 1.82) is 0 Å². The predicted molar refractivity (Wildman–Crippen MR) is 74.8 cm³/mol. The summed E-state index contributed by atoms with van der Waals surface area (Å²) in [6.45, 7) is 1.60. The lowest BCUT2D eigenvalue weighted by Crippen LogP contribution is -2.45. The predicted octanol–water partition coefficient (Wildman–Crippen LogP) is 0.928. The number of hydrogen-bond donors (Lipinski definition) is 1. The van der Waals surface area contributed by atoms with Crippen molar-refractivity contribution in [2.45, 2.75) is 6.92 Å². The molecule has 1 heterocycles. The molecule has 0 aliphatic carbocycles. The molecule has 0 saturated carbocycles. The Balaban J connectivity index is 0.000000550. The van der Waals surface area contributed by atoms with Crippen molar-refractivity contribution >= 4 is 27.0 Å². The van der Waals surface area contributed by atoms with E-state index in [2.05, 4.69) is 19.3 Å². The van der Waals surface area contributed by atoms with Crippen LogP contribution in [0, 0.1) is 0 Å². The summed E-state index contributed by atoms with van der Waals surface area (Å²) in [6, 6.07) is 7.24. The van der Waals surface area contributed by atoms with Crippen molar-refractivity contribution in [3.63, 3.8) is 0 Å². The molecule has 104 valence electrons. The third-order valence-corrected chi connectivity index (χ3v) is 2.29. The number of nitrogens with one attached hydrogen (secondary N) is 1. The summed E-state index contributed by atoms with van der Waals surface area (Å²) >= 11 is 0. The molecule has 1 aromatic carbocycles. The summed E-state index contributed by atoms with van der Waals surface area (Å²) in [4.78, 5) is 23.9. The highest BCUT2D eigenvalue weighted by Crippen LogP contribution is 2.30. The summed E-state index contributed by atoms with van der Waals surface area (Å²) in [6.07, 6.45) is 0. The van der Waals surface area contributed by atoms with E-state index in [1.165, 1.54) is 11.8 Å². The first-order chi connectivity index (χ1) is 9.10. The van der Waals surface area contributed by atoms with Gasteiger partial charge in [-0.2, -0.15) is 0 Å². The fourth-order valence-corrected chi connectivity index (χ4v) is 1.52. The van der Waals surface area contributed by atoms with Gasteiger partial charge in [-0.3, -0.25) is 14.5 Å². The molecule has 1 atom stereocenters. The lowest BCUT2D eigenvalue weighted by atomic mass is 10.2. The number of benzene rings is 1. The van der Waals surface area contributed by atoms with Gasteiger partial charge in [-0.1, -0.05) is 12.1 Å². The van der Waals surface area contributed by atoms with Gasteiger partial charge >= 0.3 is 0 Å². The Morgan fingerprint density at radius 2 is 2.16 bits per heavy atom. The molecule has 0 fully saturated rings. The number of carbonyl (C=O) groups is 2. The molecule has 19 heavy (non-hydrogen) atoms. The quantitative estimate of drug-likeness (QED) is 0.820. The molecule has 1 aromatic rings. The maximum Gasteiger partial charge on any atom is 0.266 e. The average Bonchev–Trinajstić information content (AvgIpc) is 2.38. The van der Waals surface area contributed by atoms with Crippen LogP contribution < -0.4 is 15.0 Å². The van der Waals surface area contributed by atoms with E-state index in [4.69, 9.17) is 4.74 Å². The third-order valence-electron chi connectivity index (χ3n) is 2.29. The number of hydrogen-bond acceptors (Lipinski definition) is 4. The molecule has 1 N–H and O–H groups in total. The van der Waals surface area contributed by atoms with E-state index >= 15 is 0 Å². The number of para-hydroxylation sites is 2. The van der Waals surface area contributed by atoms with Crippen LogP contribution in [0.4, 0.5) is 5.69 Å². The standard InChI is InChI=1S/C11H12N2O3.CH5OP/c1-8(14)12-7-13-9-4-2-3-5-10(9)16-6-11(13)15;1-2-3/h2-5H,6-7H2,1H3,(H,12,14);3H2,1H3. The van der Waals surface area contributed by atoms with Crippen LogP contribution in [0.25, 0.3) is 0 Å². The van der Waals surface area contributed by atoms with E-state index in [9.17, 15) is 9.59 Å². The molecule has 1 aliphatic rings. The summed E-state index contributed by atoms with van der Waals surface area (Å²) in [5.74, 6) is 0.330. The number of carbonyl (C=O) groups excluding carboxylic acids is 2. The molecule has 0 radical (unpaired) electrons. The van der Waals surface area contributed by atoms with E-state index in [0.29, 0.717) is 11.4 Å². The average molecular weight is 284 g/mol. The van der Waals surface area contributed by atoms with Crippen LogP contribution in [-0.4, -0.2) is 32.2 Å². The highest BCUT2D eigenvalue weighted by molar-refractivity contribution is 7.09. The van der Waals surface area contributed by atoms with Crippen molar-refractivity contribution < 1.29 is 18.8 Å². The number of fused-ring (bicyclic) bond motifs is 1. The summed E-state index contributed by atoms with van der Waals surface area (Å²) in [7, 11) is 3.67. The molecule has 7 heteroatoms. The molecule has 0 aromatic heterocycles. The van der Waals surface area contributed by atoms with Gasteiger partial charge in [0.25, 0.3) is 5.91 Å². The van der Waals surface area contributed by atoms with E-state index in [0.717, 1.165) is 0 Å². The van der Waals surface area contributed by atoms with Gasteiger partial charge < -0.3 is 14.6 Å². The Morgan fingerprint density at radius 1 is 1.53 bits per heavy atom. The van der Waals surface area contributed by atoms with Gasteiger partial charge in [0.1, 0.15) is 5.75 Å². The molecule has 0 saturated heterocycles. The Hall–Kier alpha value is -1.65. The van der Waals surface area contributed by atoms with Gasteiger partial charge in [0.05, 0.1) is 12.4 Å². The third kappa shape index (κ3) is 4.50. The molecular weight excluding hydrogens is 267 g/mol. The monoisotopic (exact) mass is 284 g/mol. The number of nitrogens with zero attached hydrogens (tertiary/aromatic N) is 1. The second-order valence-corrected chi connectivity index (χ2v) is 4.18. The van der Waals surface area contributed by atoms with E-state index in [1.807, 2.05) is 12.1 Å². The van der Waals surface area contributed by atoms with Gasteiger partial charge in [0.15, 0.2) is 6.61 Å². The minimum atomic E-state index is -0.170. The van der Waals surface area contributed by atoms with Crippen LogP contribution in [0.15, 0.2) is 24.3 Å². The second-order valence-electron chi connectivity index (χ2n) is 3.70. The molecule has 1 unspecified atom stereocenters. The number of amides is 2. The van der Waals surface area contributed by atoms with Crippen molar-refractivity contribution in [2.24, 2.45) is 0 Å². The molecule has 1 aliphatic heterocycles. The topological polar surface area (TPSA) is 67.9 Å². The fraction of sp³-hybridized carbons (Fsp3) is 0.333. The molecule has 2 rings (SSSR count). The first-order valence-electron chi connectivity index (χ1n) is 5.59. The number of rotatable bonds is 2. The zero-order valence-corrected chi connectivity index (χ0v) is 12.0. The maximum absolute atomic E-state index is 11.6. The largest absolute Gasteiger partial charge is 0.482 e. The van der Waals surface area contributed by atoms with Gasteiger partial charge in [-0.25, -0.2) is 0 Å². The van der Waals surface area contributed by atoms with Crippen molar-refractivity contribution in [1.82, 2.24) is 5.32 Å². The van der Waals surface area contributed by atoms with E-state index < -0.39 is 0 Å². The summed E-state index contributed by atoms with van der Waals surface area (Å²) in [5.41, 5.74) is 0.688. The lowest BCUT2D eigenvalue weighted by Gasteiger charge is -2.29. The lowest BCUT2D eigenvalue weighted by molar-refractivity contribution is -0.121. The zero-order valence-electron chi connectivity index (χ0n) is 10.9. The fourth-order valence-electron chi connectivity index (χ4n) is 1.52. The normalized spacial score (nSPS) is 12.8. The second kappa shape index (κ2) is 7.71. The highest BCUT2D eigenvalue weighted by Gasteiger charge is 2.24. The van der Waals surface area contributed by atoms with Gasteiger partial charge in [0.2, 0.25) is 5.91 Å². The van der Waals surface area contributed by atoms with Gasteiger partial charge in [0, 0.05) is 14.0 Å². The SMILES string of the molecule is CC(=O)NCN1C(=O)COc2ccccc21.COP. The smallest absolute Gasteiger partial charge is 0.266 e. The minimum Gasteiger partial charge on any atom is -0.482 e. The van der Waals surface area contributed by atoms with Crippen LogP contribution in [0.2, 0.25) is 0 Å². The van der Waals surface area contributed by atoms with Gasteiger partial charge in [-0.05, 0) is 21.6 Å². The molecule has 2 amide bonds. The van der Waals surface area contributed by atoms with E-state index in [1.54, 1.807) is 19.2 Å². The Morgan fingerprint density at radius 3 is 2.79 bits per heavy atom. The summed E-state index contributed by atoms with van der Waals surface area (Å²) < 4.78 is 9.44. The van der Waals surface area contributed by atoms with Crippen LogP contribution in [0.1, 0.15) is 6.92 Å². The van der Waals surface area contributed by atoms with Crippen molar-refractivity contribution in [2.75, 3.05) is 25.3 Å². The number of ether oxygens (including phenoxy) is 1. The molecule has 0 bridgehead atoms. The first kappa shape index (κ1) is 15.4. The highest BCUT2D eigenvalue weighted by atomic mass is 31.0. The Labute approximate surface area is 114 Å². The maximum atomic E-state index is 11.6. The van der Waals surface area contributed by atoms with Crippen LogP contribution in [-0.2, 0) is 14.1 Å². The Kier molecular flexibility index (Phi) is 6.25. The molecule has 6 nitrogen and oxygen atoms in total. The summed E-state index contributed by atoms with van der Waals surface area (Å²) in [5, 5.41) is 2.60. The van der Waals surface area contributed by atoms with Crippen LogP contribution >= 0.6 is 9.47 Å². The molecular formula is C12H17N2O4P. The Bertz CT molecular complexity index is 453. The first-order valence-corrected chi connectivity index (χ1v) is 6.06.